The average Bonchev–Trinajstić information content (AvgIpc) is 2.12. The standard InChI is InChI=1S/C12H27NO2/c1-11(2,10-12(3,4)15-7)13(5)8-9-14-6/h8-10H2,1-7H3. The van der Waals surface area contributed by atoms with E-state index in [4.69, 9.17) is 9.47 Å². The Morgan fingerprint density at radius 2 is 1.60 bits per heavy atom. The average molecular weight is 217 g/mol. The van der Waals surface area contributed by atoms with Gasteiger partial charge in [0, 0.05) is 26.3 Å². The zero-order valence-electron chi connectivity index (χ0n) is 11.4. The molecule has 0 atom stereocenters. The van der Waals surface area contributed by atoms with E-state index < -0.39 is 0 Å². The van der Waals surface area contributed by atoms with E-state index in [2.05, 4.69) is 39.6 Å². The fourth-order valence-corrected chi connectivity index (χ4v) is 1.78. The predicted octanol–water partition coefficient (Wildman–Crippen LogP) is 2.16. The zero-order chi connectivity index (χ0) is 12.1. The molecule has 0 aliphatic rings. The van der Waals surface area contributed by atoms with Gasteiger partial charge >= 0.3 is 0 Å². The zero-order valence-corrected chi connectivity index (χ0v) is 11.4. The molecule has 0 aliphatic heterocycles. The highest BCUT2D eigenvalue weighted by molar-refractivity contribution is 4.87. The summed E-state index contributed by atoms with van der Waals surface area (Å²) in [5.74, 6) is 0. The smallest absolute Gasteiger partial charge is 0.0640 e. The van der Waals surface area contributed by atoms with E-state index in [9.17, 15) is 0 Å². The Hall–Kier alpha value is -0.120. The molecule has 0 radical (unpaired) electrons. The number of likely N-dealkylation sites (N-methyl/N-ethyl adjacent to an activating group) is 1. The van der Waals surface area contributed by atoms with Gasteiger partial charge in [-0.25, -0.2) is 0 Å². The molecular formula is C12H27NO2. The molecule has 0 bridgehead atoms. The van der Waals surface area contributed by atoms with Crippen LogP contribution in [0.15, 0.2) is 0 Å². The van der Waals surface area contributed by atoms with Crippen LogP contribution in [0.3, 0.4) is 0 Å². The first-order chi connectivity index (χ1) is 6.75. The van der Waals surface area contributed by atoms with Gasteiger partial charge in [-0.3, -0.25) is 4.90 Å². The first-order valence-electron chi connectivity index (χ1n) is 5.50. The fraction of sp³-hybridized carbons (Fsp3) is 1.00. The Labute approximate surface area is 94.7 Å². The highest BCUT2D eigenvalue weighted by atomic mass is 16.5. The predicted molar refractivity (Wildman–Crippen MR) is 64.3 cm³/mol. The maximum atomic E-state index is 5.47. The third-order valence-corrected chi connectivity index (χ3v) is 3.08. The topological polar surface area (TPSA) is 21.7 Å². The summed E-state index contributed by atoms with van der Waals surface area (Å²) < 4.78 is 10.6. The fourth-order valence-electron chi connectivity index (χ4n) is 1.78. The van der Waals surface area contributed by atoms with Crippen LogP contribution in [-0.4, -0.2) is 50.5 Å². The van der Waals surface area contributed by atoms with Gasteiger partial charge in [-0.1, -0.05) is 0 Å². The lowest BCUT2D eigenvalue weighted by Gasteiger charge is -2.40. The molecule has 0 spiro atoms. The Bertz CT molecular complexity index is 178. The van der Waals surface area contributed by atoms with E-state index >= 15 is 0 Å². The number of ether oxygens (including phenoxy) is 2. The van der Waals surface area contributed by atoms with Crippen LogP contribution in [0.1, 0.15) is 34.1 Å². The first kappa shape index (κ1) is 14.9. The summed E-state index contributed by atoms with van der Waals surface area (Å²) >= 11 is 0. The van der Waals surface area contributed by atoms with Crippen LogP contribution in [-0.2, 0) is 9.47 Å². The molecular weight excluding hydrogens is 190 g/mol. The third-order valence-electron chi connectivity index (χ3n) is 3.08. The summed E-state index contributed by atoms with van der Waals surface area (Å²) in [5.41, 5.74) is 0.0445. The van der Waals surface area contributed by atoms with Crippen molar-refractivity contribution in [1.29, 1.82) is 0 Å². The summed E-state index contributed by atoms with van der Waals surface area (Å²) in [4.78, 5) is 2.32. The van der Waals surface area contributed by atoms with Crippen molar-refractivity contribution in [3.8, 4) is 0 Å². The second-order valence-corrected chi connectivity index (χ2v) is 5.37. The summed E-state index contributed by atoms with van der Waals surface area (Å²) in [7, 11) is 5.63. The molecule has 0 saturated heterocycles. The number of hydrogen-bond acceptors (Lipinski definition) is 3. The van der Waals surface area contributed by atoms with Gasteiger partial charge in [-0.05, 0) is 41.2 Å². The molecule has 3 heteroatoms. The Morgan fingerprint density at radius 3 is 2.00 bits per heavy atom. The monoisotopic (exact) mass is 217 g/mol. The van der Waals surface area contributed by atoms with Crippen molar-refractivity contribution < 1.29 is 9.47 Å². The molecule has 0 saturated carbocycles. The Balaban J connectivity index is 4.26. The highest BCUT2D eigenvalue weighted by Crippen LogP contribution is 2.26. The normalized spacial score (nSPS) is 13.6. The Kier molecular flexibility index (Phi) is 5.78. The van der Waals surface area contributed by atoms with Crippen molar-refractivity contribution in [2.75, 3.05) is 34.4 Å². The second kappa shape index (κ2) is 5.83. The molecule has 0 rings (SSSR count). The molecule has 0 aromatic carbocycles. The van der Waals surface area contributed by atoms with Crippen LogP contribution in [0.2, 0.25) is 0 Å². The third kappa shape index (κ3) is 5.50. The maximum Gasteiger partial charge on any atom is 0.0640 e. The maximum absolute atomic E-state index is 5.47. The van der Waals surface area contributed by atoms with Gasteiger partial charge in [0.1, 0.15) is 0 Å². The first-order valence-corrected chi connectivity index (χ1v) is 5.50. The molecule has 0 aliphatic carbocycles. The SMILES string of the molecule is COCCN(C)C(C)(C)CC(C)(C)OC. The molecule has 92 valence electrons. The van der Waals surface area contributed by atoms with Gasteiger partial charge in [0.2, 0.25) is 0 Å². The van der Waals surface area contributed by atoms with Crippen LogP contribution in [0.25, 0.3) is 0 Å². The molecule has 3 nitrogen and oxygen atoms in total. The van der Waals surface area contributed by atoms with Crippen molar-refractivity contribution in [3.63, 3.8) is 0 Å². The van der Waals surface area contributed by atoms with Gasteiger partial charge in [-0.15, -0.1) is 0 Å². The van der Waals surface area contributed by atoms with Crippen LogP contribution < -0.4 is 0 Å². The minimum Gasteiger partial charge on any atom is -0.383 e. The van der Waals surface area contributed by atoms with Gasteiger partial charge in [0.25, 0.3) is 0 Å². The lowest BCUT2D eigenvalue weighted by molar-refractivity contribution is -0.0292. The lowest BCUT2D eigenvalue weighted by atomic mass is 9.88. The van der Waals surface area contributed by atoms with Crippen molar-refractivity contribution in [2.24, 2.45) is 0 Å². The summed E-state index contributed by atoms with van der Waals surface area (Å²) in [5, 5.41) is 0. The molecule has 15 heavy (non-hydrogen) atoms. The van der Waals surface area contributed by atoms with Crippen molar-refractivity contribution in [1.82, 2.24) is 4.90 Å². The molecule has 0 aromatic rings. The van der Waals surface area contributed by atoms with Crippen LogP contribution in [0.4, 0.5) is 0 Å². The van der Waals surface area contributed by atoms with E-state index in [1.807, 2.05) is 0 Å². The minimum absolute atomic E-state index is 0.0785. The summed E-state index contributed by atoms with van der Waals surface area (Å²) in [6.45, 7) is 10.4. The molecule has 0 amide bonds. The summed E-state index contributed by atoms with van der Waals surface area (Å²) in [6.07, 6.45) is 0.997. The van der Waals surface area contributed by atoms with Crippen molar-refractivity contribution >= 4 is 0 Å². The largest absolute Gasteiger partial charge is 0.383 e. The number of hydrogen-bond donors (Lipinski definition) is 0. The molecule has 0 fully saturated rings. The van der Waals surface area contributed by atoms with Gasteiger partial charge in [0.05, 0.1) is 12.2 Å². The molecule has 0 aromatic heterocycles. The number of rotatable bonds is 7. The van der Waals surface area contributed by atoms with E-state index in [0.717, 1.165) is 19.6 Å². The van der Waals surface area contributed by atoms with Crippen LogP contribution in [0.5, 0.6) is 0 Å². The lowest BCUT2D eigenvalue weighted by Crippen LogP contribution is -2.47. The second-order valence-electron chi connectivity index (χ2n) is 5.37. The number of methoxy groups -OCH3 is 2. The number of nitrogens with zero attached hydrogens (tertiary/aromatic N) is 1. The quantitative estimate of drug-likeness (QED) is 0.652. The molecule has 0 unspecified atom stereocenters. The van der Waals surface area contributed by atoms with E-state index in [1.165, 1.54) is 0 Å². The molecule has 0 heterocycles. The summed E-state index contributed by atoms with van der Waals surface area (Å²) in [6, 6.07) is 0. The van der Waals surface area contributed by atoms with E-state index in [1.54, 1.807) is 14.2 Å². The van der Waals surface area contributed by atoms with Gasteiger partial charge in [0.15, 0.2) is 0 Å². The molecule has 0 N–H and O–H groups in total. The highest BCUT2D eigenvalue weighted by Gasteiger charge is 2.31. The van der Waals surface area contributed by atoms with Gasteiger partial charge < -0.3 is 9.47 Å². The van der Waals surface area contributed by atoms with Crippen LogP contribution >= 0.6 is 0 Å². The Morgan fingerprint density at radius 1 is 1.07 bits per heavy atom. The minimum atomic E-state index is -0.0785. The van der Waals surface area contributed by atoms with Crippen molar-refractivity contribution in [3.05, 3.63) is 0 Å². The van der Waals surface area contributed by atoms with Crippen LogP contribution in [0, 0.1) is 0 Å². The van der Waals surface area contributed by atoms with Crippen molar-refractivity contribution in [2.45, 2.75) is 45.3 Å². The van der Waals surface area contributed by atoms with E-state index in [0.29, 0.717) is 0 Å². The van der Waals surface area contributed by atoms with Gasteiger partial charge in [-0.2, -0.15) is 0 Å². The van der Waals surface area contributed by atoms with E-state index in [-0.39, 0.29) is 11.1 Å².